The second kappa shape index (κ2) is 4.45. The van der Waals surface area contributed by atoms with E-state index < -0.39 is 0 Å². The first-order valence-electron chi connectivity index (χ1n) is 4.95. The third kappa shape index (κ3) is 2.02. The van der Waals surface area contributed by atoms with Crippen LogP contribution in [0.1, 0.15) is 11.8 Å². The standard InChI is InChI=1S/C12H13NOS/c1-3-14-11-7-5-4-6-10(11)12-9(2)15-8-13-12/h4-8H,3H2,1-2H3. The van der Waals surface area contributed by atoms with Gasteiger partial charge in [-0.25, -0.2) is 4.98 Å². The maximum absolute atomic E-state index is 5.58. The number of hydrogen-bond donors (Lipinski definition) is 0. The quantitative estimate of drug-likeness (QED) is 0.788. The highest BCUT2D eigenvalue weighted by Gasteiger charge is 2.09. The van der Waals surface area contributed by atoms with Crippen molar-refractivity contribution >= 4 is 11.3 Å². The molecule has 2 nitrogen and oxygen atoms in total. The van der Waals surface area contributed by atoms with Crippen molar-refractivity contribution in [3.63, 3.8) is 0 Å². The third-order valence-corrected chi connectivity index (χ3v) is 2.94. The molecule has 0 bridgehead atoms. The Kier molecular flexibility index (Phi) is 3.02. The summed E-state index contributed by atoms with van der Waals surface area (Å²) in [6.07, 6.45) is 0. The number of aromatic nitrogens is 1. The number of aryl methyl sites for hydroxylation is 1. The fourth-order valence-electron chi connectivity index (χ4n) is 1.51. The predicted octanol–water partition coefficient (Wildman–Crippen LogP) is 3.52. The van der Waals surface area contributed by atoms with Gasteiger partial charge in [0.25, 0.3) is 0 Å². The molecule has 0 radical (unpaired) electrons. The molecular weight excluding hydrogens is 206 g/mol. The van der Waals surface area contributed by atoms with E-state index in [1.54, 1.807) is 11.3 Å². The predicted molar refractivity (Wildman–Crippen MR) is 63.5 cm³/mol. The molecule has 0 atom stereocenters. The van der Waals surface area contributed by atoms with E-state index in [-0.39, 0.29) is 0 Å². The normalized spacial score (nSPS) is 10.3. The highest BCUT2D eigenvalue weighted by molar-refractivity contribution is 7.10. The van der Waals surface area contributed by atoms with E-state index in [0.717, 1.165) is 17.0 Å². The van der Waals surface area contributed by atoms with Crippen LogP contribution in [0, 0.1) is 6.92 Å². The molecular formula is C12H13NOS. The number of hydrogen-bond acceptors (Lipinski definition) is 3. The lowest BCUT2D eigenvalue weighted by Crippen LogP contribution is -1.94. The van der Waals surface area contributed by atoms with Crippen LogP contribution < -0.4 is 4.74 Å². The lowest BCUT2D eigenvalue weighted by atomic mass is 10.1. The summed E-state index contributed by atoms with van der Waals surface area (Å²) in [5, 5.41) is 0. The molecule has 2 rings (SSSR count). The minimum atomic E-state index is 0.681. The molecule has 0 spiro atoms. The summed E-state index contributed by atoms with van der Waals surface area (Å²) in [6, 6.07) is 8.03. The van der Waals surface area contributed by atoms with Gasteiger partial charge in [-0.15, -0.1) is 11.3 Å². The van der Waals surface area contributed by atoms with Gasteiger partial charge in [-0.1, -0.05) is 12.1 Å². The van der Waals surface area contributed by atoms with E-state index in [9.17, 15) is 0 Å². The molecule has 0 N–H and O–H groups in total. The molecule has 2 aromatic rings. The van der Waals surface area contributed by atoms with Crippen molar-refractivity contribution in [1.29, 1.82) is 0 Å². The molecule has 1 aromatic heterocycles. The van der Waals surface area contributed by atoms with Crippen LogP contribution in [0.15, 0.2) is 29.8 Å². The topological polar surface area (TPSA) is 22.1 Å². The lowest BCUT2D eigenvalue weighted by Gasteiger charge is -2.08. The number of nitrogens with zero attached hydrogens (tertiary/aromatic N) is 1. The molecule has 0 aliphatic carbocycles. The molecule has 1 heterocycles. The molecule has 0 aliphatic rings. The first-order chi connectivity index (χ1) is 7.33. The van der Waals surface area contributed by atoms with Crippen LogP contribution in [-0.2, 0) is 0 Å². The first kappa shape index (κ1) is 10.2. The largest absolute Gasteiger partial charge is 0.493 e. The number of ether oxygens (including phenoxy) is 1. The van der Waals surface area contributed by atoms with Crippen LogP contribution in [0.2, 0.25) is 0 Å². The summed E-state index contributed by atoms with van der Waals surface area (Å²) in [6.45, 7) is 4.75. The third-order valence-electron chi connectivity index (χ3n) is 2.19. The van der Waals surface area contributed by atoms with Crippen molar-refractivity contribution < 1.29 is 4.74 Å². The zero-order chi connectivity index (χ0) is 10.7. The van der Waals surface area contributed by atoms with E-state index >= 15 is 0 Å². The summed E-state index contributed by atoms with van der Waals surface area (Å²) in [5.74, 6) is 0.911. The minimum Gasteiger partial charge on any atom is -0.493 e. The van der Waals surface area contributed by atoms with Gasteiger partial charge in [0.15, 0.2) is 0 Å². The molecule has 0 aliphatic heterocycles. The smallest absolute Gasteiger partial charge is 0.128 e. The van der Waals surface area contributed by atoms with Crippen molar-refractivity contribution in [2.24, 2.45) is 0 Å². The SMILES string of the molecule is CCOc1ccccc1-c1ncsc1C. The highest BCUT2D eigenvalue weighted by atomic mass is 32.1. The number of para-hydroxylation sites is 1. The summed E-state index contributed by atoms with van der Waals surface area (Å²) in [4.78, 5) is 5.59. The zero-order valence-electron chi connectivity index (χ0n) is 8.86. The lowest BCUT2D eigenvalue weighted by molar-refractivity contribution is 0.341. The van der Waals surface area contributed by atoms with E-state index in [1.807, 2.05) is 36.7 Å². The molecule has 0 saturated carbocycles. The molecule has 0 unspecified atom stereocenters. The van der Waals surface area contributed by atoms with Crippen LogP contribution in [0.25, 0.3) is 11.3 Å². The number of thiazole rings is 1. The van der Waals surface area contributed by atoms with Crippen molar-refractivity contribution in [3.8, 4) is 17.0 Å². The maximum Gasteiger partial charge on any atom is 0.128 e. The molecule has 78 valence electrons. The van der Waals surface area contributed by atoms with Gasteiger partial charge >= 0.3 is 0 Å². The minimum absolute atomic E-state index is 0.681. The Hall–Kier alpha value is -1.35. The monoisotopic (exact) mass is 219 g/mol. The fraction of sp³-hybridized carbons (Fsp3) is 0.250. The van der Waals surface area contributed by atoms with Gasteiger partial charge in [0.2, 0.25) is 0 Å². The van der Waals surface area contributed by atoms with Crippen LogP contribution in [-0.4, -0.2) is 11.6 Å². The van der Waals surface area contributed by atoms with Crippen LogP contribution >= 0.6 is 11.3 Å². The van der Waals surface area contributed by atoms with Crippen LogP contribution in [0.3, 0.4) is 0 Å². The molecule has 15 heavy (non-hydrogen) atoms. The Balaban J connectivity index is 2.48. The summed E-state index contributed by atoms with van der Waals surface area (Å²) < 4.78 is 5.58. The molecule has 0 saturated heterocycles. The van der Waals surface area contributed by atoms with Crippen LogP contribution in [0.4, 0.5) is 0 Å². The van der Waals surface area contributed by atoms with Crippen LogP contribution in [0.5, 0.6) is 5.75 Å². The fourth-order valence-corrected chi connectivity index (χ4v) is 2.10. The first-order valence-corrected chi connectivity index (χ1v) is 5.83. The van der Waals surface area contributed by atoms with Crippen molar-refractivity contribution in [2.75, 3.05) is 6.61 Å². The molecule has 0 fully saturated rings. The average molecular weight is 219 g/mol. The van der Waals surface area contributed by atoms with E-state index in [1.165, 1.54) is 4.88 Å². The van der Waals surface area contributed by atoms with Gasteiger partial charge in [-0.2, -0.15) is 0 Å². The molecule has 3 heteroatoms. The maximum atomic E-state index is 5.58. The van der Waals surface area contributed by atoms with Crippen molar-refractivity contribution in [1.82, 2.24) is 4.98 Å². The van der Waals surface area contributed by atoms with E-state index in [0.29, 0.717) is 6.61 Å². The number of rotatable bonds is 3. The second-order valence-corrected chi connectivity index (χ2v) is 4.25. The Labute approximate surface area is 93.6 Å². The van der Waals surface area contributed by atoms with Gasteiger partial charge in [0.05, 0.1) is 17.8 Å². The molecule has 0 amide bonds. The highest BCUT2D eigenvalue weighted by Crippen LogP contribution is 2.32. The van der Waals surface area contributed by atoms with Gasteiger partial charge in [-0.05, 0) is 26.0 Å². The summed E-state index contributed by atoms with van der Waals surface area (Å²) in [5.41, 5.74) is 3.98. The van der Waals surface area contributed by atoms with Crippen molar-refractivity contribution in [2.45, 2.75) is 13.8 Å². The Morgan fingerprint density at radius 1 is 1.33 bits per heavy atom. The van der Waals surface area contributed by atoms with Gasteiger partial charge in [0.1, 0.15) is 5.75 Å². The summed E-state index contributed by atoms with van der Waals surface area (Å²) >= 11 is 1.66. The van der Waals surface area contributed by atoms with Gasteiger partial charge < -0.3 is 4.74 Å². The van der Waals surface area contributed by atoms with Gasteiger partial charge in [-0.3, -0.25) is 0 Å². The Bertz CT molecular complexity index is 450. The summed E-state index contributed by atoms with van der Waals surface area (Å²) in [7, 11) is 0. The number of benzene rings is 1. The van der Waals surface area contributed by atoms with E-state index in [2.05, 4.69) is 11.9 Å². The van der Waals surface area contributed by atoms with Crippen molar-refractivity contribution in [3.05, 3.63) is 34.7 Å². The Morgan fingerprint density at radius 3 is 2.80 bits per heavy atom. The second-order valence-electron chi connectivity index (χ2n) is 3.19. The van der Waals surface area contributed by atoms with Gasteiger partial charge in [0, 0.05) is 10.4 Å². The Morgan fingerprint density at radius 2 is 2.13 bits per heavy atom. The zero-order valence-corrected chi connectivity index (χ0v) is 9.67. The van der Waals surface area contributed by atoms with E-state index in [4.69, 9.17) is 4.74 Å². The average Bonchev–Trinajstić information content (AvgIpc) is 2.66. The molecule has 1 aromatic carbocycles.